The molecule has 130 valence electrons. The zero-order chi connectivity index (χ0) is 16.8. The number of aromatic nitrogens is 3. The molecule has 0 saturated carbocycles. The molecular weight excluding hydrogens is 314 g/mol. The Kier molecular flexibility index (Phi) is 6.86. The lowest BCUT2D eigenvalue weighted by Crippen LogP contribution is -3.15. The Morgan fingerprint density at radius 2 is 2.30 bits per heavy atom. The molecule has 1 unspecified atom stereocenters. The van der Waals surface area contributed by atoms with E-state index in [2.05, 4.69) is 24.0 Å². The SMILES string of the molecule is CC(C)C[NH+]1CCO[C@@H](CSc2nnc(CCC(N)=O)n2C)C1. The van der Waals surface area contributed by atoms with Crippen molar-refractivity contribution in [2.75, 3.05) is 32.0 Å². The maximum atomic E-state index is 10.9. The molecule has 2 atom stereocenters. The van der Waals surface area contributed by atoms with Gasteiger partial charge in [-0.1, -0.05) is 25.6 Å². The highest BCUT2D eigenvalue weighted by molar-refractivity contribution is 7.99. The van der Waals surface area contributed by atoms with E-state index >= 15 is 0 Å². The Balaban J connectivity index is 1.82. The van der Waals surface area contributed by atoms with Crippen LogP contribution in [0.4, 0.5) is 0 Å². The molecule has 0 bridgehead atoms. The van der Waals surface area contributed by atoms with Crippen LogP contribution >= 0.6 is 11.8 Å². The fourth-order valence-electron chi connectivity index (χ4n) is 2.81. The molecule has 1 amide bonds. The minimum atomic E-state index is -0.314. The number of ether oxygens (including phenoxy) is 1. The second kappa shape index (κ2) is 8.65. The number of nitrogens with one attached hydrogen (secondary N) is 1. The molecule has 0 aliphatic carbocycles. The first-order chi connectivity index (χ1) is 11.0. The zero-order valence-electron chi connectivity index (χ0n) is 14.2. The summed E-state index contributed by atoms with van der Waals surface area (Å²) in [4.78, 5) is 12.5. The Labute approximate surface area is 141 Å². The summed E-state index contributed by atoms with van der Waals surface area (Å²) in [5.74, 6) is 2.07. The van der Waals surface area contributed by atoms with Gasteiger partial charge in [0.15, 0.2) is 5.16 Å². The van der Waals surface area contributed by atoms with Crippen LogP contribution in [0.25, 0.3) is 0 Å². The highest BCUT2D eigenvalue weighted by Gasteiger charge is 2.25. The number of nitrogens with zero attached hydrogens (tertiary/aromatic N) is 3. The molecule has 1 fully saturated rings. The number of rotatable bonds is 8. The molecule has 0 spiro atoms. The fraction of sp³-hybridized carbons (Fsp3) is 0.800. The van der Waals surface area contributed by atoms with Crippen molar-refractivity contribution in [2.45, 2.75) is 37.9 Å². The first kappa shape index (κ1) is 18.2. The number of aryl methyl sites for hydroxylation is 1. The molecule has 3 N–H and O–H groups in total. The first-order valence-corrected chi connectivity index (χ1v) is 9.18. The minimum Gasteiger partial charge on any atom is -0.370 e. The average Bonchev–Trinajstić information content (AvgIpc) is 2.83. The second-order valence-electron chi connectivity index (χ2n) is 6.53. The van der Waals surface area contributed by atoms with Gasteiger partial charge >= 0.3 is 0 Å². The largest absolute Gasteiger partial charge is 0.370 e. The number of hydrogen-bond acceptors (Lipinski definition) is 5. The van der Waals surface area contributed by atoms with E-state index in [1.165, 1.54) is 6.54 Å². The molecule has 2 rings (SSSR count). The van der Waals surface area contributed by atoms with Gasteiger partial charge in [-0.2, -0.15) is 0 Å². The second-order valence-corrected chi connectivity index (χ2v) is 7.52. The number of carbonyl (C=O) groups excluding carboxylic acids is 1. The van der Waals surface area contributed by atoms with Crippen LogP contribution in [0, 0.1) is 5.92 Å². The van der Waals surface area contributed by atoms with Crippen molar-refractivity contribution in [3.63, 3.8) is 0 Å². The maximum Gasteiger partial charge on any atom is 0.217 e. The third-order valence-electron chi connectivity index (χ3n) is 3.94. The fourth-order valence-corrected chi connectivity index (χ4v) is 3.76. The van der Waals surface area contributed by atoms with Crippen LogP contribution in [0.3, 0.4) is 0 Å². The molecule has 23 heavy (non-hydrogen) atoms. The van der Waals surface area contributed by atoms with Crippen LogP contribution in [0.15, 0.2) is 5.16 Å². The Hall–Kier alpha value is -1.12. The molecule has 1 aliphatic rings. The number of quaternary nitrogens is 1. The molecule has 0 radical (unpaired) electrons. The van der Waals surface area contributed by atoms with Gasteiger partial charge in [0.1, 0.15) is 25.0 Å². The predicted molar refractivity (Wildman–Crippen MR) is 89.4 cm³/mol. The Bertz CT molecular complexity index is 520. The topological polar surface area (TPSA) is 87.5 Å². The van der Waals surface area contributed by atoms with Crippen LogP contribution in [0.2, 0.25) is 0 Å². The molecule has 1 aromatic heterocycles. The number of thioether (sulfide) groups is 1. The Morgan fingerprint density at radius 3 is 3.00 bits per heavy atom. The van der Waals surface area contributed by atoms with Crippen molar-refractivity contribution in [1.29, 1.82) is 0 Å². The zero-order valence-corrected chi connectivity index (χ0v) is 15.1. The summed E-state index contributed by atoms with van der Waals surface area (Å²) >= 11 is 1.66. The number of carbonyl (C=O) groups is 1. The first-order valence-electron chi connectivity index (χ1n) is 8.20. The van der Waals surface area contributed by atoms with E-state index in [4.69, 9.17) is 10.5 Å². The van der Waals surface area contributed by atoms with E-state index in [0.717, 1.165) is 36.4 Å². The summed E-state index contributed by atoms with van der Waals surface area (Å²) in [5.41, 5.74) is 5.18. The quantitative estimate of drug-likeness (QED) is 0.608. The monoisotopic (exact) mass is 342 g/mol. The van der Waals surface area contributed by atoms with Crippen LogP contribution in [-0.4, -0.2) is 58.8 Å². The lowest BCUT2D eigenvalue weighted by molar-refractivity contribution is -0.914. The number of amides is 1. The molecular formula is C15H28N5O2S+. The predicted octanol–water partition coefficient (Wildman–Crippen LogP) is -0.735. The van der Waals surface area contributed by atoms with E-state index in [0.29, 0.717) is 18.8 Å². The van der Waals surface area contributed by atoms with Gasteiger partial charge < -0.3 is 19.9 Å². The van der Waals surface area contributed by atoms with E-state index in [1.807, 2.05) is 11.6 Å². The van der Waals surface area contributed by atoms with Crippen molar-refractivity contribution in [2.24, 2.45) is 18.7 Å². The van der Waals surface area contributed by atoms with Gasteiger partial charge in [-0.15, -0.1) is 10.2 Å². The molecule has 0 aromatic carbocycles. The van der Waals surface area contributed by atoms with Crippen molar-refractivity contribution >= 4 is 17.7 Å². The summed E-state index contributed by atoms with van der Waals surface area (Å²) < 4.78 is 7.82. The van der Waals surface area contributed by atoms with Gasteiger partial charge in [-0.05, 0) is 0 Å². The highest BCUT2D eigenvalue weighted by atomic mass is 32.2. The van der Waals surface area contributed by atoms with Crippen LogP contribution in [-0.2, 0) is 23.0 Å². The van der Waals surface area contributed by atoms with Crippen molar-refractivity contribution in [1.82, 2.24) is 14.8 Å². The normalized spacial score (nSPS) is 21.7. The molecule has 8 heteroatoms. The van der Waals surface area contributed by atoms with Crippen LogP contribution in [0.5, 0.6) is 0 Å². The number of morpholine rings is 1. The molecule has 1 aliphatic heterocycles. The number of nitrogens with two attached hydrogens (primary N) is 1. The summed E-state index contributed by atoms with van der Waals surface area (Å²) in [6, 6.07) is 0. The standard InChI is InChI=1S/C15H27N5O2S/c1-11(2)8-20-6-7-22-12(9-20)10-23-15-18-17-14(19(15)3)5-4-13(16)21/h11-12H,4-10H2,1-3H3,(H2,16,21)/p+1/t12-/m1/s1. The number of hydrogen-bond donors (Lipinski definition) is 2. The summed E-state index contributed by atoms with van der Waals surface area (Å²) in [6.07, 6.45) is 1.09. The maximum absolute atomic E-state index is 10.9. The van der Waals surface area contributed by atoms with Gasteiger partial charge in [0, 0.05) is 31.6 Å². The van der Waals surface area contributed by atoms with E-state index in [1.54, 1.807) is 16.7 Å². The third-order valence-corrected chi connectivity index (χ3v) is 5.09. The lowest BCUT2D eigenvalue weighted by atomic mass is 10.2. The van der Waals surface area contributed by atoms with Crippen molar-refractivity contribution in [3.8, 4) is 0 Å². The van der Waals surface area contributed by atoms with E-state index in [9.17, 15) is 4.79 Å². The van der Waals surface area contributed by atoms with Crippen LogP contribution < -0.4 is 10.6 Å². The molecule has 7 nitrogen and oxygen atoms in total. The van der Waals surface area contributed by atoms with Gasteiger partial charge in [0.05, 0.1) is 13.2 Å². The lowest BCUT2D eigenvalue weighted by Gasteiger charge is -2.30. The van der Waals surface area contributed by atoms with Crippen molar-refractivity contribution in [3.05, 3.63) is 5.82 Å². The molecule has 1 aromatic rings. The van der Waals surface area contributed by atoms with Gasteiger partial charge in [-0.25, -0.2) is 0 Å². The van der Waals surface area contributed by atoms with Gasteiger partial charge in [0.25, 0.3) is 0 Å². The number of primary amides is 1. The summed E-state index contributed by atoms with van der Waals surface area (Å²) in [5, 5.41) is 9.22. The third kappa shape index (κ3) is 5.78. The van der Waals surface area contributed by atoms with Crippen molar-refractivity contribution < 1.29 is 14.4 Å². The average molecular weight is 342 g/mol. The summed E-state index contributed by atoms with van der Waals surface area (Å²) in [7, 11) is 1.93. The molecule has 1 saturated heterocycles. The molecule has 2 heterocycles. The van der Waals surface area contributed by atoms with Crippen LogP contribution in [0.1, 0.15) is 26.1 Å². The smallest absolute Gasteiger partial charge is 0.217 e. The summed E-state index contributed by atoms with van der Waals surface area (Å²) in [6.45, 7) is 8.71. The van der Waals surface area contributed by atoms with E-state index < -0.39 is 0 Å². The van der Waals surface area contributed by atoms with Gasteiger partial charge in [0.2, 0.25) is 5.91 Å². The highest BCUT2D eigenvalue weighted by Crippen LogP contribution is 2.18. The van der Waals surface area contributed by atoms with E-state index in [-0.39, 0.29) is 12.0 Å². The minimum absolute atomic E-state index is 0.258. The Morgan fingerprint density at radius 1 is 1.52 bits per heavy atom. The van der Waals surface area contributed by atoms with Gasteiger partial charge in [-0.3, -0.25) is 4.79 Å².